The number of ether oxygens (including phenoxy) is 1. The zero-order valence-corrected chi connectivity index (χ0v) is 9.58. The Morgan fingerprint density at radius 1 is 1.67 bits per heavy atom. The molecule has 0 bridgehead atoms. The van der Waals surface area contributed by atoms with Gasteiger partial charge in [0.25, 0.3) is 0 Å². The fraction of sp³-hybridized carbons (Fsp3) is 0.333. The summed E-state index contributed by atoms with van der Waals surface area (Å²) in [6.07, 6.45) is -1.04. The van der Waals surface area contributed by atoms with Crippen LogP contribution in [0.15, 0.2) is 10.5 Å². The Kier molecular flexibility index (Phi) is 3.90. The molecule has 6 heteroatoms. The normalized spacial score (nSPS) is 12.6. The third-order valence-electron chi connectivity index (χ3n) is 1.96. The Morgan fingerprint density at radius 3 is 2.73 bits per heavy atom. The molecule has 0 aliphatic rings. The second-order valence-corrected chi connectivity index (χ2v) is 3.69. The van der Waals surface area contributed by atoms with E-state index in [9.17, 15) is 14.6 Å². The zero-order chi connectivity index (χ0) is 11.6. The lowest BCUT2D eigenvalue weighted by Crippen LogP contribution is -2.13. The molecule has 1 atom stereocenters. The lowest BCUT2D eigenvalue weighted by molar-refractivity contribution is 0.181. The van der Waals surface area contributed by atoms with Crippen molar-refractivity contribution >= 4 is 15.9 Å². The molecule has 1 aromatic carbocycles. The zero-order valence-electron chi connectivity index (χ0n) is 8.00. The van der Waals surface area contributed by atoms with E-state index in [4.69, 9.17) is 10.5 Å². The molecule has 15 heavy (non-hydrogen) atoms. The van der Waals surface area contributed by atoms with Crippen molar-refractivity contribution in [3.8, 4) is 11.5 Å². The molecule has 0 spiro atoms. The monoisotopic (exact) mass is 279 g/mol. The van der Waals surface area contributed by atoms with Gasteiger partial charge in [-0.25, -0.2) is 4.39 Å². The van der Waals surface area contributed by atoms with Crippen LogP contribution >= 0.6 is 15.9 Å². The minimum Gasteiger partial charge on any atom is -0.504 e. The Hall–Kier alpha value is -0.850. The lowest BCUT2D eigenvalue weighted by atomic mass is 10.1. The molecule has 4 N–H and O–H groups in total. The number of halogens is 2. The van der Waals surface area contributed by atoms with Gasteiger partial charge in [0, 0.05) is 12.1 Å². The van der Waals surface area contributed by atoms with E-state index >= 15 is 0 Å². The summed E-state index contributed by atoms with van der Waals surface area (Å²) in [4.78, 5) is 0. The molecule has 1 unspecified atom stereocenters. The molecule has 0 saturated carbocycles. The fourth-order valence-corrected chi connectivity index (χ4v) is 1.77. The molecule has 84 valence electrons. The molecule has 1 aromatic rings. The van der Waals surface area contributed by atoms with Gasteiger partial charge in [0.2, 0.25) is 0 Å². The van der Waals surface area contributed by atoms with Crippen molar-refractivity contribution in [2.75, 3.05) is 13.7 Å². The first kappa shape index (κ1) is 12.2. The standard InChI is InChI=1S/C9H11BrFNO3/c1-15-9-4(6(13)3-12)2-5(11)8(14)7(9)10/h2,6,13-14H,3,12H2,1H3. The van der Waals surface area contributed by atoms with Crippen LogP contribution in [0, 0.1) is 5.82 Å². The molecule has 0 aliphatic heterocycles. The van der Waals surface area contributed by atoms with Crippen LogP contribution in [0.4, 0.5) is 4.39 Å². The van der Waals surface area contributed by atoms with E-state index in [-0.39, 0.29) is 22.3 Å². The molecule has 1 rings (SSSR count). The van der Waals surface area contributed by atoms with Crippen molar-refractivity contribution in [2.45, 2.75) is 6.10 Å². The molecule has 4 nitrogen and oxygen atoms in total. The van der Waals surface area contributed by atoms with Crippen molar-refractivity contribution in [3.05, 3.63) is 21.9 Å². The van der Waals surface area contributed by atoms with E-state index in [1.165, 1.54) is 7.11 Å². The van der Waals surface area contributed by atoms with Gasteiger partial charge in [0.15, 0.2) is 11.6 Å². The highest BCUT2D eigenvalue weighted by molar-refractivity contribution is 9.10. The Balaban J connectivity index is 3.38. The first-order valence-corrected chi connectivity index (χ1v) is 4.95. The number of methoxy groups -OCH3 is 1. The summed E-state index contributed by atoms with van der Waals surface area (Å²) >= 11 is 2.97. The maximum atomic E-state index is 13.2. The number of hydrogen-bond acceptors (Lipinski definition) is 4. The summed E-state index contributed by atoms with van der Waals surface area (Å²) in [6.45, 7) is -0.0625. The molecule has 0 aliphatic carbocycles. The van der Waals surface area contributed by atoms with Gasteiger partial charge in [-0.1, -0.05) is 0 Å². The van der Waals surface area contributed by atoms with E-state index in [0.29, 0.717) is 0 Å². The van der Waals surface area contributed by atoms with Crippen LogP contribution in [0.3, 0.4) is 0 Å². The van der Waals surface area contributed by atoms with Crippen molar-refractivity contribution in [2.24, 2.45) is 5.73 Å². The van der Waals surface area contributed by atoms with Crippen LogP contribution in [-0.4, -0.2) is 23.9 Å². The molecule has 0 saturated heterocycles. The topological polar surface area (TPSA) is 75.7 Å². The summed E-state index contributed by atoms with van der Waals surface area (Å²) in [6, 6.07) is 0.996. The van der Waals surface area contributed by atoms with Crippen molar-refractivity contribution in [3.63, 3.8) is 0 Å². The first-order valence-electron chi connectivity index (χ1n) is 4.15. The summed E-state index contributed by atoms with van der Waals surface area (Å²) < 4.78 is 18.2. The summed E-state index contributed by atoms with van der Waals surface area (Å²) in [5.74, 6) is -1.23. The Labute approximate surface area is 94.6 Å². The third kappa shape index (κ3) is 2.22. The highest BCUT2D eigenvalue weighted by Crippen LogP contribution is 2.40. The van der Waals surface area contributed by atoms with Crippen LogP contribution in [0.25, 0.3) is 0 Å². The fourth-order valence-electron chi connectivity index (χ4n) is 1.19. The lowest BCUT2D eigenvalue weighted by Gasteiger charge is -2.15. The van der Waals surface area contributed by atoms with Crippen molar-refractivity contribution < 1.29 is 19.3 Å². The van der Waals surface area contributed by atoms with Crippen LogP contribution in [-0.2, 0) is 0 Å². The molecular weight excluding hydrogens is 269 g/mol. The number of nitrogens with two attached hydrogens (primary N) is 1. The third-order valence-corrected chi connectivity index (χ3v) is 2.70. The minimum atomic E-state index is -1.04. The van der Waals surface area contributed by atoms with Gasteiger partial charge in [-0.15, -0.1) is 0 Å². The van der Waals surface area contributed by atoms with Crippen molar-refractivity contribution in [1.82, 2.24) is 0 Å². The van der Waals surface area contributed by atoms with Crippen LogP contribution in [0.1, 0.15) is 11.7 Å². The van der Waals surface area contributed by atoms with Gasteiger partial charge in [0.1, 0.15) is 10.2 Å². The second-order valence-electron chi connectivity index (χ2n) is 2.89. The van der Waals surface area contributed by atoms with Crippen LogP contribution in [0.2, 0.25) is 0 Å². The SMILES string of the molecule is COc1c(C(O)CN)cc(F)c(O)c1Br. The number of phenolic OH excluding ortho intramolecular Hbond substituents is 1. The van der Waals surface area contributed by atoms with E-state index < -0.39 is 17.7 Å². The number of hydrogen-bond donors (Lipinski definition) is 3. The van der Waals surface area contributed by atoms with E-state index in [1.54, 1.807) is 0 Å². The summed E-state index contributed by atoms with van der Waals surface area (Å²) in [7, 11) is 1.35. The summed E-state index contributed by atoms with van der Waals surface area (Å²) in [5.41, 5.74) is 5.46. The van der Waals surface area contributed by atoms with Gasteiger partial charge in [-0.2, -0.15) is 0 Å². The van der Waals surface area contributed by atoms with Gasteiger partial charge >= 0.3 is 0 Å². The number of benzene rings is 1. The van der Waals surface area contributed by atoms with E-state index in [2.05, 4.69) is 15.9 Å². The predicted molar refractivity (Wildman–Crippen MR) is 56.3 cm³/mol. The molecule has 0 aromatic heterocycles. The first-order chi connectivity index (χ1) is 7.02. The number of aromatic hydroxyl groups is 1. The number of aliphatic hydroxyl groups is 1. The Morgan fingerprint density at radius 2 is 2.27 bits per heavy atom. The molecule has 0 heterocycles. The Bertz CT molecular complexity index is 373. The average molecular weight is 280 g/mol. The van der Waals surface area contributed by atoms with Crippen LogP contribution in [0.5, 0.6) is 11.5 Å². The predicted octanol–water partition coefficient (Wildman–Crippen LogP) is 1.29. The minimum absolute atomic E-state index is 0.0625. The van der Waals surface area contributed by atoms with Gasteiger partial charge in [-0.3, -0.25) is 0 Å². The summed E-state index contributed by atoms with van der Waals surface area (Å²) in [5, 5.41) is 18.8. The number of aliphatic hydroxyl groups excluding tert-OH is 1. The van der Waals surface area contributed by atoms with E-state index in [0.717, 1.165) is 6.07 Å². The highest BCUT2D eigenvalue weighted by atomic mass is 79.9. The molecule has 0 amide bonds. The van der Waals surface area contributed by atoms with Crippen molar-refractivity contribution in [1.29, 1.82) is 0 Å². The quantitative estimate of drug-likeness (QED) is 0.780. The maximum Gasteiger partial charge on any atom is 0.169 e. The molecule has 0 radical (unpaired) electrons. The van der Waals surface area contributed by atoms with Gasteiger partial charge in [-0.05, 0) is 22.0 Å². The van der Waals surface area contributed by atoms with Gasteiger partial charge in [0.05, 0.1) is 13.2 Å². The van der Waals surface area contributed by atoms with E-state index in [1.807, 2.05) is 0 Å². The smallest absolute Gasteiger partial charge is 0.169 e. The molecular formula is C9H11BrFNO3. The highest BCUT2D eigenvalue weighted by Gasteiger charge is 2.20. The maximum absolute atomic E-state index is 13.2. The largest absolute Gasteiger partial charge is 0.504 e. The average Bonchev–Trinajstić information content (AvgIpc) is 2.24. The number of phenols is 1. The van der Waals surface area contributed by atoms with Crippen LogP contribution < -0.4 is 10.5 Å². The van der Waals surface area contributed by atoms with Gasteiger partial charge < -0.3 is 20.7 Å². The number of rotatable bonds is 3. The second kappa shape index (κ2) is 4.78. The molecule has 0 fully saturated rings.